The predicted octanol–water partition coefficient (Wildman–Crippen LogP) is 7.04. The quantitative estimate of drug-likeness (QED) is 0.440. The first-order valence-electron chi connectivity index (χ1n) is 8.69. The van der Waals surface area contributed by atoms with Crippen molar-refractivity contribution >= 4 is 17.0 Å². The van der Waals surface area contributed by atoms with Gasteiger partial charge in [0.2, 0.25) is 0 Å². The second-order valence-corrected chi connectivity index (χ2v) is 9.72. The molecule has 3 heteroatoms. The zero-order valence-corrected chi connectivity index (χ0v) is 19.5. The Hall–Kier alpha value is -0.0969. The molecule has 2 aromatic rings. The number of hydrogen-bond donors (Lipinski definition) is 0. The fraction of sp³-hybridized carbons (Fsp3) is 0.0833. The molecule has 4 rings (SSSR count). The number of halogens is 2. The van der Waals surface area contributed by atoms with Gasteiger partial charge in [-0.15, -0.1) is 0 Å². The minimum atomic E-state index is -0.826. The summed E-state index contributed by atoms with van der Waals surface area (Å²) < 4.78 is 0. The zero-order chi connectivity index (χ0) is 19.5. The van der Waals surface area contributed by atoms with Gasteiger partial charge in [-0.1, -0.05) is 74.5 Å². The Morgan fingerprint density at radius 1 is 0.556 bits per heavy atom. The molecule has 27 heavy (non-hydrogen) atoms. The van der Waals surface area contributed by atoms with Crippen molar-refractivity contribution in [2.75, 3.05) is 0 Å². The third-order valence-electron chi connectivity index (χ3n) is 4.38. The SMILES string of the molecule is C[C]1[C](C)[C](c2ccccc2)[CH][C]1c1ccccc1.[CH]1[CH][CH][CH][CH]1.[Cl][Zr+2][Cl]. The van der Waals surface area contributed by atoms with Crippen LogP contribution in [0.3, 0.4) is 0 Å². The second kappa shape index (κ2) is 13.2. The van der Waals surface area contributed by atoms with Crippen molar-refractivity contribution in [2.45, 2.75) is 13.8 Å². The van der Waals surface area contributed by atoms with Crippen LogP contribution in [0.4, 0.5) is 0 Å². The van der Waals surface area contributed by atoms with Crippen LogP contribution in [-0.2, 0) is 20.8 Å². The molecule has 0 heterocycles. The Bertz CT molecular complexity index is 556. The van der Waals surface area contributed by atoms with Crippen molar-refractivity contribution in [3.05, 3.63) is 134 Å². The molecule has 2 aliphatic rings. The van der Waals surface area contributed by atoms with Gasteiger partial charge in [0.05, 0.1) is 0 Å². The van der Waals surface area contributed by atoms with Crippen LogP contribution in [0.1, 0.15) is 25.0 Å². The zero-order valence-electron chi connectivity index (χ0n) is 15.5. The first-order valence-corrected chi connectivity index (χ1v) is 15.0. The van der Waals surface area contributed by atoms with Gasteiger partial charge in [0, 0.05) is 11.8 Å². The number of benzene rings is 2. The van der Waals surface area contributed by atoms with Gasteiger partial charge in [-0.05, 0) is 61.5 Å². The molecule has 0 aliphatic heterocycles. The van der Waals surface area contributed by atoms with E-state index in [-0.39, 0.29) is 0 Å². The summed E-state index contributed by atoms with van der Waals surface area (Å²) in [6, 6.07) is 21.2. The molecule has 2 saturated carbocycles. The van der Waals surface area contributed by atoms with Crippen molar-refractivity contribution < 1.29 is 20.8 Å². The summed E-state index contributed by atoms with van der Waals surface area (Å²) in [5.74, 6) is 5.45. The van der Waals surface area contributed by atoms with Gasteiger partial charge in [0.15, 0.2) is 0 Å². The molecular weight excluding hydrogens is 450 g/mol. The van der Waals surface area contributed by atoms with E-state index in [0.717, 1.165) is 0 Å². The normalized spacial score (nSPS) is 18.2. The molecule has 0 amide bonds. The van der Waals surface area contributed by atoms with Gasteiger partial charge in [-0.3, -0.25) is 0 Å². The third kappa shape index (κ3) is 7.34. The molecule has 0 atom stereocenters. The average molecular weight is 473 g/mol. The van der Waals surface area contributed by atoms with Crippen LogP contribution >= 0.6 is 17.0 Å². The van der Waals surface area contributed by atoms with Crippen molar-refractivity contribution in [1.82, 2.24) is 0 Å². The van der Waals surface area contributed by atoms with Crippen LogP contribution in [0.5, 0.6) is 0 Å². The first-order chi connectivity index (χ1) is 13.2. The molecule has 2 aromatic carbocycles. The van der Waals surface area contributed by atoms with Crippen molar-refractivity contribution in [1.29, 1.82) is 0 Å². The van der Waals surface area contributed by atoms with E-state index in [4.69, 9.17) is 17.0 Å². The van der Waals surface area contributed by atoms with Gasteiger partial charge in [0.1, 0.15) is 0 Å². The molecular formula is C24H22Cl2Zr+2. The fourth-order valence-corrected chi connectivity index (χ4v) is 2.92. The van der Waals surface area contributed by atoms with E-state index in [2.05, 4.69) is 80.9 Å². The molecule has 134 valence electrons. The summed E-state index contributed by atoms with van der Waals surface area (Å²) in [5, 5.41) is 0. The summed E-state index contributed by atoms with van der Waals surface area (Å²) in [5.41, 5.74) is 2.59. The van der Waals surface area contributed by atoms with Crippen molar-refractivity contribution in [3.8, 4) is 0 Å². The van der Waals surface area contributed by atoms with Crippen LogP contribution in [0, 0.1) is 62.2 Å². The summed E-state index contributed by atoms with van der Waals surface area (Å²) in [6.07, 6.45) is 12.3. The van der Waals surface area contributed by atoms with Gasteiger partial charge in [-0.25, -0.2) is 0 Å². The minimum absolute atomic E-state index is 0.826. The first kappa shape index (κ1) is 23.2. The van der Waals surface area contributed by atoms with E-state index in [1.807, 2.05) is 32.1 Å². The Morgan fingerprint density at radius 2 is 0.852 bits per heavy atom. The second-order valence-electron chi connectivity index (χ2n) is 5.99. The van der Waals surface area contributed by atoms with Gasteiger partial charge < -0.3 is 0 Å². The molecule has 0 aromatic heterocycles. The third-order valence-corrected chi connectivity index (χ3v) is 4.38. The maximum atomic E-state index is 4.93. The summed E-state index contributed by atoms with van der Waals surface area (Å²) in [7, 11) is 9.87. The fourth-order valence-electron chi connectivity index (χ4n) is 2.92. The molecule has 2 fully saturated rings. The van der Waals surface area contributed by atoms with Gasteiger partial charge in [-0.2, -0.15) is 0 Å². The maximum absolute atomic E-state index is 4.93. The molecule has 2 aliphatic carbocycles. The standard InChI is InChI=1S/C19H17.C5H5.2ClH.Zr/c1-14-15(2)19(17-11-7-4-8-12-17)13-18(14)16-9-5-3-6-10-16;1-2-4-5-3-1;;;/h3-13H,1-2H3;1-5H;2*1H;/q;;;;+4/p-2. The summed E-state index contributed by atoms with van der Waals surface area (Å²) in [4.78, 5) is 0. The molecule has 0 spiro atoms. The van der Waals surface area contributed by atoms with E-state index in [1.165, 1.54) is 34.8 Å². The van der Waals surface area contributed by atoms with Crippen LogP contribution in [-0.4, -0.2) is 0 Å². The number of hydrogen-bond acceptors (Lipinski definition) is 0. The van der Waals surface area contributed by atoms with Crippen molar-refractivity contribution in [2.24, 2.45) is 0 Å². The molecule has 10 radical (unpaired) electrons. The van der Waals surface area contributed by atoms with E-state index >= 15 is 0 Å². The molecule has 0 saturated heterocycles. The van der Waals surface area contributed by atoms with Gasteiger partial charge >= 0.3 is 37.9 Å². The van der Waals surface area contributed by atoms with E-state index in [0.29, 0.717) is 0 Å². The predicted molar refractivity (Wildman–Crippen MR) is 113 cm³/mol. The molecule has 0 nitrogen and oxygen atoms in total. The number of rotatable bonds is 2. The average Bonchev–Trinajstić information content (AvgIpc) is 3.38. The Morgan fingerprint density at radius 3 is 1.15 bits per heavy atom. The molecule has 0 unspecified atom stereocenters. The monoisotopic (exact) mass is 470 g/mol. The van der Waals surface area contributed by atoms with Crippen LogP contribution < -0.4 is 0 Å². The van der Waals surface area contributed by atoms with Crippen LogP contribution in [0.25, 0.3) is 0 Å². The Balaban J connectivity index is 0.000000274. The molecule has 0 N–H and O–H groups in total. The Labute approximate surface area is 184 Å². The van der Waals surface area contributed by atoms with Crippen LogP contribution in [0.15, 0.2) is 60.7 Å². The summed E-state index contributed by atoms with van der Waals surface area (Å²) >= 11 is -0.826. The van der Waals surface area contributed by atoms with Gasteiger partial charge in [0.25, 0.3) is 0 Å². The van der Waals surface area contributed by atoms with E-state index in [1.54, 1.807) is 0 Å². The Kier molecular flexibility index (Phi) is 11.3. The van der Waals surface area contributed by atoms with Crippen LogP contribution in [0.2, 0.25) is 0 Å². The van der Waals surface area contributed by atoms with Crippen molar-refractivity contribution in [3.63, 3.8) is 0 Å². The summed E-state index contributed by atoms with van der Waals surface area (Å²) in [6.45, 7) is 4.42. The molecule has 0 bridgehead atoms. The van der Waals surface area contributed by atoms with E-state index < -0.39 is 20.8 Å². The topological polar surface area (TPSA) is 0 Å². The van der Waals surface area contributed by atoms with E-state index in [9.17, 15) is 0 Å².